The van der Waals surface area contributed by atoms with Crippen molar-refractivity contribution < 1.29 is 4.74 Å². The van der Waals surface area contributed by atoms with Crippen LogP contribution in [0.4, 0.5) is 0 Å². The molecule has 0 amide bonds. The Balaban J connectivity index is 1.55. The highest BCUT2D eigenvalue weighted by Crippen LogP contribution is 2.35. The SMILES string of the molecule is Cc1ccc(OCCCn2cnc3sc(C)c(-c4ccc(Cl)cc4)c3c2=O)cc1. The molecule has 0 spiro atoms. The van der Waals surface area contributed by atoms with E-state index in [2.05, 4.69) is 4.98 Å². The van der Waals surface area contributed by atoms with Crippen molar-refractivity contribution in [3.63, 3.8) is 0 Å². The van der Waals surface area contributed by atoms with Crippen molar-refractivity contribution in [2.45, 2.75) is 26.8 Å². The van der Waals surface area contributed by atoms with Gasteiger partial charge in [0.05, 0.1) is 18.3 Å². The molecule has 0 radical (unpaired) electrons. The zero-order chi connectivity index (χ0) is 20.4. The van der Waals surface area contributed by atoms with Crippen LogP contribution in [0.2, 0.25) is 5.02 Å². The smallest absolute Gasteiger partial charge is 0.262 e. The molecule has 2 aromatic heterocycles. The van der Waals surface area contributed by atoms with Gasteiger partial charge in [-0.25, -0.2) is 4.98 Å². The lowest BCUT2D eigenvalue weighted by Crippen LogP contribution is -2.21. The quantitative estimate of drug-likeness (QED) is 0.364. The molecule has 4 aromatic rings. The van der Waals surface area contributed by atoms with Crippen molar-refractivity contribution in [1.82, 2.24) is 9.55 Å². The van der Waals surface area contributed by atoms with Gasteiger partial charge < -0.3 is 4.74 Å². The number of hydrogen-bond donors (Lipinski definition) is 0. The fraction of sp³-hybridized carbons (Fsp3) is 0.217. The Morgan fingerprint density at radius 2 is 1.79 bits per heavy atom. The van der Waals surface area contributed by atoms with Gasteiger partial charge in [0.2, 0.25) is 0 Å². The second-order valence-corrected chi connectivity index (χ2v) is 8.62. The van der Waals surface area contributed by atoms with Crippen molar-refractivity contribution in [3.8, 4) is 16.9 Å². The molecule has 0 saturated carbocycles. The lowest BCUT2D eigenvalue weighted by Gasteiger charge is -2.09. The highest BCUT2D eigenvalue weighted by molar-refractivity contribution is 7.19. The second kappa shape index (κ2) is 8.39. The Morgan fingerprint density at radius 1 is 1.07 bits per heavy atom. The maximum absolute atomic E-state index is 13.2. The Morgan fingerprint density at radius 3 is 2.52 bits per heavy atom. The molecule has 0 aliphatic heterocycles. The molecule has 148 valence electrons. The number of aryl methyl sites for hydroxylation is 3. The largest absolute Gasteiger partial charge is 0.494 e. The van der Waals surface area contributed by atoms with Gasteiger partial charge in [-0.2, -0.15) is 0 Å². The van der Waals surface area contributed by atoms with E-state index < -0.39 is 0 Å². The fourth-order valence-corrected chi connectivity index (χ4v) is 4.45. The number of halogens is 1. The molecule has 0 unspecified atom stereocenters. The molecule has 0 aliphatic rings. The molecule has 2 heterocycles. The minimum atomic E-state index is -0.0142. The topological polar surface area (TPSA) is 44.1 Å². The molecule has 0 aliphatic carbocycles. The van der Waals surface area contributed by atoms with Crippen molar-refractivity contribution in [2.75, 3.05) is 6.61 Å². The van der Waals surface area contributed by atoms with Crippen molar-refractivity contribution in [3.05, 3.63) is 80.7 Å². The molecule has 0 atom stereocenters. The van der Waals surface area contributed by atoms with Crippen LogP contribution in [-0.4, -0.2) is 16.2 Å². The normalized spacial score (nSPS) is 11.1. The van der Waals surface area contributed by atoms with Gasteiger partial charge in [0, 0.05) is 22.0 Å². The number of aromatic nitrogens is 2. The molecular formula is C23H21ClN2O2S. The van der Waals surface area contributed by atoms with Gasteiger partial charge in [-0.3, -0.25) is 9.36 Å². The first-order chi connectivity index (χ1) is 14.0. The van der Waals surface area contributed by atoms with Gasteiger partial charge >= 0.3 is 0 Å². The first-order valence-corrected chi connectivity index (χ1v) is 10.7. The number of nitrogens with zero attached hydrogens (tertiary/aromatic N) is 2. The number of benzene rings is 2. The summed E-state index contributed by atoms with van der Waals surface area (Å²) in [5.74, 6) is 0.843. The zero-order valence-corrected chi connectivity index (χ0v) is 17.9. The summed E-state index contributed by atoms with van der Waals surface area (Å²) in [4.78, 5) is 19.5. The second-order valence-electron chi connectivity index (χ2n) is 6.98. The van der Waals surface area contributed by atoms with Gasteiger partial charge in [0.15, 0.2) is 0 Å². The van der Waals surface area contributed by atoms with E-state index in [9.17, 15) is 4.79 Å². The van der Waals surface area contributed by atoms with Gasteiger partial charge in [-0.05, 0) is 50.1 Å². The lowest BCUT2D eigenvalue weighted by molar-refractivity contribution is 0.301. The van der Waals surface area contributed by atoms with E-state index in [0.29, 0.717) is 23.6 Å². The Kier molecular flexibility index (Phi) is 5.69. The van der Waals surface area contributed by atoms with Crippen LogP contribution in [0.1, 0.15) is 16.9 Å². The summed E-state index contributed by atoms with van der Waals surface area (Å²) >= 11 is 7.57. The summed E-state index contributed by atoms with van der Waals surface area (Å²) in [5, 5.41) is 1.35. The number of fused-ring (bicyclic) bond motifs is 1. The highest BCUT2D eigenvalue weighted by Gasteiger charge is 2.16. The van der Waals surface area contributed by atoms with E-state index in [1.54, 1.807) is 22.2 Å². The van der Waals surface area contributed by atoms with E-state index in [1.807, 2.05) is 62.4 Å². The zero-order valence-electron chi connectivity index (χ0n) is 16.3. The first kappa shape index (κ1) is 19.7. The van der Waals surface area contributed by atoms with Crippen molar-refractivity contribution in [2.24, 2.45) is 0 Å². The average molecular weight is 425 g/mol. The molecule has 6 heteroatoms. The van der Waals surface area contributed by atoms with Crippen LogP contribution in [0, 0.1) is 13.8 Å². The van der Waals surface area contributed by atoms with Gasteiger partial charge in [0.25, 0.3) is 5.56 Å². The third-order valence-corrected chi connectivity index (χ3v) is 6.09. The van der Waals surface area contributed by atoms with Gasteiger partial charge in [0.1, 0.15) is 10.6 Å². The minimum Gasteiger partial charge on any atom is -0.494 e. The van der Waals surface area contributed by atoms with E-state index in [4.69, 9.17) is 16.3 Å². The van der Waals surface area contributed by atoms with E-state index in [0.717, 1.165) is 33.0 Å². The summed E-state index contributed by atoms with van der Waals surface area (Å²) in [6, 6.07) is 15.5. The number of thiophene rings is 1. The predicted octanol–water partition coefficient (Wildman–Crippen LogP) is 5.86. The molecule has 4 nitrogen and oxygen atoms in total. The molecule has 4 rings (SSSR count). The Bertz CT molecular complexity index is 1190. The van der Waals surface area contributed by atoms with Crippen LogP contribution in [-0.2, 0) is 6.54 Å². The molecular weight excluding hydrogens is 404 g/mol. The average Bonchev–Trinajstić information content (AvgIpc) is 3.05. The maximum Gasteiger partial charge on any atom is 0.262 e. The maximum atomic E-state index is 13.2. The minimum absolute atomic E-state index is 0.0142. The molecule has 0 N–H and O–H groups in total. The van der Waals surface area contributed by atoms with Crippen LogP contribution < -0.4 is 10.3 Å². The third kappa shape index (κ3) is 4.21. The monoisotopic (exact) mass is 424 g/mol. The van der Waals surface area contributed by atoms with Crippen LogP contribution in [0.5, 0.6) is 5.75 Å². The number of ether oxygens (including phenoxy) is 1. The third-order valence-electron chi connectivity index (χ3n) is 4.82. The summed E-state index contributed by atoms with van der Waals surface area (Å²) in [7, 11) is 0. The van der Waals surface area contributed by atoms with Crippen LogP contribution in [0.25, 0.3) is 21.3 Å². The van der Waals surface area contributed by atoms with E-state index >= 15 is 0 Å². The molecule has 2 aromatic carbocycles. The summed E-state index contributed by atoms with van der Waals surface area (Å²) in [6.45, 7) is 5.17. The summed E-state index contributed by atoms with van der Waals surface area (Å²) < 4.78 is 7.45. The Hall–Kier alpha value is -2.63. The van der Waals surface area contributed by atoms with E-state index in [-0.39, 0.29) is 5.56 Å². The summed E-state index contributed by atoms with van der Waals surface area (Å²) in [5.41, 5.74) is 3.12. The van der Waals surface area contributed by atoms with Gasteiger partial charge in [-0.15, -0.1) is 11.3 Å². The predicted molar refractivity (Wildman–Crippen MR) is 120 cm³/mol. The molecule has 0 saturated heterocycles. The summed E-state index contributed by atoms with van der Waals surface area (Å²) in [6.07, 6.45) is 2.36. The van der Waals surface area contributed by atoms with Gasteiger partial charge in [-0.1, -0.05) is 41.4 Å². The Labute approximate surface area is 178 Å². The molecule has 0 bridgehead atoms. The molecule has 0 fully saturated rings. The fourth-order valence-electron chi connectivity index (χ4n) is 3.32. The van der Waals surface area contributed by atoms with E-state index in [1.165, 1.54) is 5.56 Å². The lowest BCUT2D eigenvalue weighted by atomic mass is 10.0. The standard InChI is InChI=1S/C23H21ClN2O2S/c1-15-4-10-19(11-5-15)28-13-3-12-26-14-25-22-21(23(26)27)20(16(2)29-22)17-6-8-18(24)9-7-17/h4-11,14H,3,12-13H2,1-2H3. The highest BCUT2D eigenvalue weighted by atomic mass is 35.5. The van der Waals surface area contributed by atoms with Crippen molar-refractivity contribution >= 4 is 33.2 Å². The number of hydrogen-bond acceptors (Lipinski definition) is 4. The molecule has 29 heavy (non-hydrogen) atoms. The van der Waals surface area contributed by atoms with Crippen molar-refractivity contribution in [1.29, 1.82) is 0 Å². The first-order valence-electron chi connectivity index (χ1n) is 9.47. The van der Waals surface area contributed by atoms with Crippen LogP contribution in [0.3, 0.4) is 0 Å². The van der Waals surface area contributed by atoms with Crippen LogP contribution in [0.15, 0.2) is 59.7 Å². The number of rotatable bonds is 6. The van der Waals surface area contributed by atoms with Crippen LogP contribution >= 0.6 is 22.9 Å².